The van der Waals surface area contributed by atoms with Gasteiger partial charge in [-0.05, 0) is 65.1 Å². The molecule has 4 rings (SSSR count). The molecule has 0 saturated carbocycles. The average molecular weight is 516 g/mol. The lowest BCUT2D eigenvalue weighted by atomic mass is 10.1. The fourth-order valence-corrected chi connectivity index (χ4v) is 4.40. The topological polar surface area (TPSA) is 36.8 Å². The number of benzene rings is 3. The highest BCUT2D eigenvalue weighted by Gasteiger charge is 2.21. The molecule has 6 heteroatoms. The Bertz CT molecular complexity index is 1020. The molecule has 1 saturated heterocycles. The van der Waals surface area contributed by atoms with Crippen molar-refractivity contribution in [3.63, 3.8) is 0 Å². The fraction of sp³-hybridized carbons (Fsp3) is 0.208. The predicted molar refractivity (Wildman–Crippen MR) is 127 cm³/mol. The van der Waals surface area contributed by atoms with E-state index in [9.17, 15) is 9.18 Å². The van der Waals surface area contributed by atoms with Gasteiger partial charge in [-0.2, -0.15) is 0 Å². The van der Waals surface area contributed by atoms with Gasteiger partial charge in [0.05, 0.1) is 31.7 Å². The van der Waals surface area contributed by atoms with Gasteiger partial charge in [0, 0.05) is 20.5 Å². The van der Waals surface area contributed by atoms with E-state index in [1.165, 1.54) is 11.0 Å². The van der Waals surface area contributed by atoms with Gasteiger partial charge in [-0.3, -0.25) is 4.79 Å². The van der Waals surface area contributed by atoms with Crippen molar-refractivity contribution in [2.45, 2.75) is 6.54 Å². The third-order valence-corrected chi connectivity index (χ3v) is 6.42. The zero-order valence-corrected chi connectivity index (χ0v) is 18.7. The summed E-state index contributed by atoms with van der Waals surface area (Å²) >= 11 is 2.17. The Kier molecular flexibility index (Phi) is 6.64. The van der Waals surface area contributed by atoms with Crippen LogP contribution in [0.3, 0.4) is 0 Å². The lowest BCUT2D eigenvalue weighted by Crippen LogP contribution is -3.13. The van der Waals surface area contributed by atoms with Crippen LogP contribution in [-0.4, -0.2) is 32.1 Å². The van der Waals surface area contributed by atoms with Gasteiger partial charge in [0.1, 0.15) is 12.4 Å². The summed E-state index contributed by atoms with van der Waals surface area (Å²) in [5.41, 5.74) is 3.39. The molecule has 0 aliphatic carbocycles. The number of piperazine rings is 1. The summed E-state index contributed by atoms with van der Waals surface area (Å²) < 4.78 is 14.8. The largest absolute Gasteiger partial charge is 0.360 e. The van der Waals surface area contributed by atoms with Crippen molar-refractivity contribution in [3.8, 4) is 0 Å². The maximum Gasteiger partial charge on any atom is 0.256 e. The van der Waals surface area contributed by atoms with Crippen molar-refractivity contribution in [1.29, 1.82) is 0 Å². The molecule has 154 valence electrons. The number of nitrogens with one attached hydrogen (secondary N) is 2. The number of carbonyl (C=O) groups excluding carboxylic acids is 1. The highest BCUT2D eigenvalue weighted by molar-refractivity contribution is 14.1. The molecule has 0 aromatic heterocycles. The van der Waals surface area contributed by atoms with Crippen LogP contribution >= 0.6 is 22.6 Å². The molecular formula is C24H24FIN3O+. The van der Waals surface area contributed by atoms with Crippen molar-refractivity contribution in [1.82, 2.24) is 0 Å². The molecule has 0 bridgehead atoms. The van der Waals surface area contributed by atoms with Crippen LogP contribution in [0.4, 0.5) is 15.8 Å². The third-order valence-electron chi connectivity index (χ3n) is 5.48. The molecule has 0 unspecified atom stereocenters. The van der Waals surface area contributed by atoms with Gasteiger partial charge in [-0.25, -0.2) is 4.39 Å². The van der Waals surface area contributed by atoms with Crippen molar-refractivity contribution >= 4 is 39.9 Å². The molecule has 1 aliphatic rings. The lowest BCUT2D eigenvalue weighted by Gasteiger charge is -2.33. The summed E-state index contributed by atoms with van der Waals surface area (Å²) in [7, 11) is 0. The Balaban J connectivity index is 1.32. The number of anilines is 2. The normalized spacial score (nSPS) is 14.5. The Morgan fingerprint density at radius 2 is 1.63 bits per heavy atom. The van der Waals surface area contributed by atoms with E-state index in [1.54, 1.807) is 6.07 Å². The van der Waals surface area contributed by atoms with E-state index in [-0.39, 0.29) is 11.7 Å². The summed E-state index contributed by atoms with van der Waals surface area (Å²) in [5.74, 6) is -0.214. The van der Waals surface area contributed by atoms with E-state index in [2.05, 4.69) is 32.8 Å². The molecule has 0 radical (unpaired) electrons. The van der Waals surface area contributed by atoms with Crippen molar-refractivity contribution < 1.29 is 14.1 Å². The summed E-state index contributed by atoms with van der Waals surface area (Å²) in [6, 6.07) is 22.6. The molecular weight excluding hydrogens is 492 g/mol. The first-order valence-electron chi connectivity index (χ1n) is 10.1. The Morgan fingerprint density at radius 1 is 0.967 bits per heavy atom. The summed E-state index contributed by atoms with van der Waals surface area (Å²) in [5, 5.41) is 2.97. The van der Waals surface area contributed by atoms with Crippen molar-refractivity contribution in [2.24, 2.45) is 0 Å². The Labute approximate surface area is 189 Å². The van der Waals surface area contributed by atoms with Crippen LogP contribution in [0.2, 0.25) is 0 Å². The Morgan fingerprint density at radius 3 is 2.33 bits per heavy atom. The highest BCUT2D eigenvalue weighted by Crippen LogP contribution is 2.20. The third kappa shape index (κ3) is 4.99. The summed E-state index contributed by atoms with van der Waals surface area (Å²) in [4.78, 5) is 16.2. The van der Waals surface area contributed by atoms with Gasteiger partial charge in [0.15, 0.2) is 0 Å². The first-order valence-corrected chi connectivity index (χ1v) is 11.2. The van der Waals surface area contributed by atoms with E-state index in [1.807, 2.05) is 60.7 Å². The van der Waals surface area contributed by atoms with Gasteiger partial charge in [-0.15, -0.1) is 0 Å². The number of hydrogen-bond acceptors (Lipinski definition) is 2. The number of quaternary nitrogens is 1. The van der Waals surface area contributed by atoms with Crippen LogP contribution in [0.25, 0.3) is 0 Å². The van der Waals surface area contributed by atoms with Crippen LogP contribution in [0.15, 0.2) is 72.8 Å². The second-order valence-corrected chi connectivity index (χ2v) is 8.65. The molecule has 1 aliphatic heterocycles. The zero-order valence-electron chi connectivity index (χ0n) is 16.6. The predicted octanol–water partition coefficient (Wildman–Crippen LogP) is 3.59. The first-order chi connectivity index (χ1) is 14.6. The lowest BCUT2D eigenvalue weighted by molar-refractivity contribution is -0.914. The molecule has 30 heavy (non-hydrogen) atoms. The van der Waals surface area contributed by atoms with E-state index in [4.69, 9.17) is 0 Å². The summed E-state index contributed by atoms with van der Waals surface area (Å²) in [6.45, 7) is 4.53. The maximum atomic E-state index is 13.9. The SMILES string of the molecule is O=C(Nc1ccc(N2CC[NH+](Cc3ccccc3F)CC2)cc1)c1ccccc1I. The van der Waals surface area contributed by atoms with Crippen LogP contribution in [0.5, 0.6) is 0 Å². The molecule has 1 fully saturated rings. The molecule has 1 heterocycles. The van der Waals surface area contributed by atoms with Gasteiger partial charge in [0.25, 0.3) is 5.91 Å². The number of rotatable bonds is 5. The minimum Gasteiger partial charge on any atom is -0.360 e. The van der Waals surface area contributed by atoms with E-state index >= 15 is 0 Å². The second-order valence-electron chi connectivity index (χ2n) is 7.49. The number of nitrogens with zero attached hydrogens (tertiary/aromatic N) is 1. The van der Waals surface area contributed by atoms with Gasteiger partial charge < -0.3 is 15.1 Å². The average Bonchev–Trinajstić information content (AvgIpc) is 2.77. The van der Waals surface area contributed by atoms with Crippen LogP contribution in [0.1, 0.15) is 15.9 Å². The van der Waals surface area contributed by atoms with E-state index in [0.29, 0.717) is 5.56 Å². The molecule has 0 spiro atoms. The maximum absolute atomic E-state index is 13.9. The Hall–Kier alpha value is -2.45. The number of carbonyl (C=O) groups is 1. The van der Waals surface area contributed by atoms with Crippen LogP contribution in [-0.2, 0) is 6.54 Å². The number of amides is 1. The quantitative estimate of drug-likeness (QED) is 0.509. The molecule has 3 aromatic rings. The van der Waals surface area contributed by atoms with Crippen molar-refractivity contribution in [3.05, 3.63) is 93.3 Å². The molecule has 2 N–H and O–H groups in total. The minimum absolute atomic E-state index is 0.0990. The zero-order chi connectivity index (χ0) is 20.9. The van der Waals surface area contributed by atoms with E-state index in [0.717, 1.165) is 53.2 Å². The molecule has 1 amide bonds. The van der Waals surface area contributed by atoms with E-state index < -0.39 is 0 Å². The van der Waals surface area contributed by atoms with Crippen LogP contribution in [0, 0.1) is 9.39 Å². The standard InChI is InChI=1S/C24H23FIN3O/c25-22-7-3-1-5-18(22)17-28-13-15-29(16-14-28)20-11-9-19(10-12-20)27-24(30)21-6-2-4-8-23(21)26/h1-12H,13-17H2,(H,27,30)/p+1. The van der Waals surface area contributed by atoms with Crippen LogP contribution < -0.4 is 15.1 Å². The van der Waals surface area contributed by atoms with Crippen molar-refractivity contribution in [2.75, 3.05) is 36.4 Å². The van der Waals surface area contributed by atoms with Gasteiger partial charge in [0.2, 0.25) is 0 Å². The smallest absolute Gasteiger partial charge is 0.256 e. The summed E-state index contributed by atoms with van der Waals surface area (Å²) in [6.07, 6.45) is 0. The molecule has 0 atom stereocenters. The number of halogens is 2. The number of hydrogen-bond donors (Lipinski definition) is 2. The molecule has 3 aromatic carbocycles. The highest BCUT2D eigenvalue weighted by atomic mass is 127. The monoisotopic (exact) mass is 516 g/mol. The van der Waals surface area contributed by atoms with Gasteiger partial charge >= 0.3 is 0 Å². The van der Waals surface area contributed by atoms with Gasteiger partial charge in [-0.1, -0.05) is 30.3 Å². The molecule has 4 nitrogen and oxygen atoms in total. The first kappa shape index (κ1) is 20.8. The fourth-order valence-electron chi connectivity index (χ4n) is 3.77. The minimum atomic E-state index is -0.116. The second kappa shape index (κ2) is 9.57.